The molecule has 0 N–H and O–H groups in total. The topological polar surface area (TPSA) is 13.1 Å². The van der Waals surface area contributed by atoms with E-state index in [1.165, 1.54) is 11.1 Å². The van der Waals surface area contributed by atoms with E-state index in [9.17, 15) is 0 Å². The van der Waals surface area contributed by atoms with E-state index >= 15 is 0 Å². The molecule has 0 aliphatic heterocycles. The third-order valence-electron chi connectivity index (χ3n) is 2.68. The number of benzene rings is 1. The molecule has 1 aromatic carbocycles. The van der Waals surface area contributed by atoms with Crippen LogP contribution in [0.15, 0.2) is 40.8 Å². The Bertz CT molecular complexity index is 466. The minimum Gasteiger partial charge on any atom is -0.461 e. The SMILES string of the molecule is Cc1ccccc1-c1ccc(CC(C)C)o1. The predicted molar refractivity (Wildman–Crippen MR) is 67.4 cm³/mol. The third kappa shape index (κ3) is 2.35. The van der Waals surface area contributed by atoms with E-state index in [-0.39, 0.29) is 0 Å². The second-order valence-electron chi connectivity index (χ2n) is 4.68. The molecule has 84 valence electrons. The van der Waals surface area contributed by atoms with E-state index in [0.29, 0.717) is 5.92 Å². The van der Waals surface area contributed by atoms with Gasteiger partial charge in [-0.1, -0.05) is 38.1 Å². The zero-order valence-corrected chi connectivity index (χ0v) is 10.2. The normalized spacial score (nSPS) is 11.0. The Hall–Kier alpha value is -1.50. The van der Waals surface area contributed by atoms with Crippen molar-refractivity contribution in [1.82, 2.24) is 0 Å². The van der Waals surface area contributed by atoms with Crippen LogP contribution in [-0.2, 0) is 6.42 Å². The molecule has 2 aromatic rings. The van der Waals surface area contributed by atoms with Gasteiger partial charge in [-0.05, 0) is 30.5 Å². The lowest BCUT2D eigenvalue weighted by atomic mass is 10.1. The quantitative estimate of drug-likeness (QED) is 0.735. The second-order valence-corrected chi connectivity index (χ2v) is 4.68. The van der Waals surface area contributed by atoms with E-state index < -0.39 is 0 Å². The molecule has 0 fully saturated rings. The van der Waals surface area contributed by atoms with Gasteiger partial charge in [-0.2, -0.15) is 0 Å². The standard InChI is InChI=1S/C15H18O/c1-11(2)10-13-8-9-15(16-13)14-7-5-4-6-12(14)3/h4-9,11H,10H2,1-3H3. The largest absolute Gasteiger partial charge is 0.461 e. The molecule has 2 rings (SSSR count). The Morgan fingerprint density at radius 2 is 1.81 bits per heavy atom. The van der Waals surface area contributed by atoms with Gasteiger partial charge >= 0.3 is 0 Å². The smallest absolute Gasteiger partial charge is 0.134 e. The van der Waals surface area contributed by atoms with Crippen LogP contribution in [0.1, 0.15) is 25.2 Å². The fraction of sp³-hybridized carbons (Fsp3) is 0.333. The van der Waals surface area contributed by atoms with Gasteiger partial charge in [-0.25, -0.2) is 0 Å². The van der Waals surface area contributed by atoms with Gasteiger partial charge in [-0.15, -0.1) is 0 Å². The first-order valence-electron chi connectivity index (χ1n) is 5.81. The first-order chi connectivity index (χ1) is 7.66. The number of hydrogen-bond donors (Lipinski definition) is 0. The van der Waals surface area contributed by atoms with Gasteiger partial charge in [0.2, 0.25) is 0 Å². The average Bonchev–Trinajstić information content (AvgIpc) is 2.66. The third-order valence-corrected chi connectivity index (χ3v) is 2.68. The molecule has 1 nitrogen and oxygen atoms in total. The zero-order valence-electron chi connectivity index (χ0n) is 10.2. The van der Waals surface area contributed by atoms with Gasteiger partial charge in [-0.3, -0.25) is 0 Å². The second kappa shape index (κ2) is 4.56. The molecule has 0 bridgehead atoms. The molecule has 0 saturated heterocycles. The molecule has 0 saturated carbocycles. The maximum Gasteiger partial charge on any atom is 0.134 e. The summed E-state index contributed by atoms with van der Waals surface area (Å²) in [5, 5.41) is 0. The van der Waals surface area contributed by atoms with Gasteiger partial charge in [0.25, 0.3) is 0 Å². The summed E-state index contributed by atoms with van der Waals surface area (Å²) in [6, 6.07) is 12.5. The highest BCUT2D eigenvalue weighted by Crippen LogP contribution is 2.26. The lowest BCUT2D eigenvalue weighted by Gasteiger charge is -2.02. The average molecular weight is 214 g/mol. The van der Waals surface area contributed by atoms with E-state index in [1.807, 2.05) is 6.07 Å². The van der Waals surface area contributed by atoms with Gasteiger partial charge in [0.15, 0.2) is 0 Å². The minimum atomic E-state index is 0.635. The maximum absolute atomic E-state index is 5.86. The minimum absolute atomic E-state index is 0.635. The summed E-state index contributed by atoms with van der Waals surface area (Å²) in [7, 11) is 0. The van der Waals surface area contributed by atoms with Gasteiger partial charge in [0, 0.05) is 12.0 Å². The summed E-state index contributed by atoms with van der Waals surface area (Å²) < 4.78 is 5.86. The molecule has 0 atom stereocenters. The summed E-state index contributed by atoms with van der Waals surface area (Å²) in [6.45, 7) is 6.52. The lowest BCUT2D eigenvalue weighted by Crippen LogP contribution is -1.90. The molecule has 16 heavy (non-hydrogen) atoms. The molecule has 0 radical (unpaired) electrons. The van der Waals surface area contributed by atoms with Crippen molar-refractivity contribution in [1.29, 1.82) is 0 Å². The van der Waals surface area contributed by atoms with Gasteiger partial charge in [0.05, 0.1) is 0 Å². The molecule has 1 aromatic heterocycles. The maximum atomic E-state index is 5.86. The molecule has 0 aliphatic carbocycles. The molecule has 0 aliphatic rings. The highest BCUT2D eigenvalue weighted by molar-refractivity contribution is 5.61. The zero-order chi connectivity index (χ0) is 11.5. The number of rotatable bonds is 3. The molecule has 0 amide bonds. The molecule has 1 heterocycles. The first-order valence-corrected chi connectivity index (χ1v) is 5.81. The van der Waals surface area contributed by atoms with Crippen molar-refractivity contribution in [3.05, 3.63) is 47.7 Å². The van der Waals surface area contributed by atoms with Crippen LogP contribution in [0.25, 0.3) is 11.3 Å². The summed E-state index contributed by atoms with van der Waals surface area (Å²) in [5.74, 6) is 2.69. The molecule has 1 heteroatoms. The van der Waals surface area contributed by atoms with Crippen molar-refractivity contribution in [3.63, 3.8) is 0 Å². The lowest BCUT2D eigenvalue weighted by molar-refractivity contribution is 0.482. The van der Waals surface area contributed by atoms with Gasteiger partial charge in [0.1, 0.15) is 11.5 Å². The fourth-order valence-electron chi connectivity index (χ4n) is 1.88. The van der Waals surface area contributed by atoms with E-state index in [1.54, 1.807) is 0 Å². The van der Waals surface area contributed by atoms with Crippen molar-refractivity contribution in [2.45, 2.75) is 27.2 Å². The van der Waals surface area contributed by atoms with Gasteiger partial charge < -0.3 is 4.42 Å². The molecular formula is C15H18O. The van der Waals surface area contributed by atoms with Crippen LogP contribution in [0, 0.1) is 12.8 Å². The monoisotopic (exact) mass is 214 g/mol. The van der Waals surface area contributed by atoms with Crippen molar-refractivity contribution in [3.8, 4) is 11.3 Å². The molecular weight excluding hydrogens is 196 g/mol. The van der Waals surface area contributed by atoms with Crippen LogP contribution < -0.4 is 0 Å². The van der Waals surface area contributed by atoms with Crippen LogP contribution >= 0.6 is 0 Å². The Labute approximate surface area is 97.1 Å². The molecule has 0 spiro atoms. The summed E-state index contributed by atoms with van der Waals surface area (Å²) >= 11 is 0. The predicted octanol–water partition coefficient (Wildman–Crippen LogP) is 4.45. The Morgan fingerprint density at radius 3 is 2.50 bits per heavy atom. The summed E-state index contributed by atoms with van der Waals surface area (Å²) in [5.41, 5.74) is 2.45. The van der Waals surface area contributed by atoms with Crippen molar-refractivity contribution in [2.75, 3.05) is 0 Å². The van der Waals surface area contributed by atoms with Crippen LogP contribution in [0.5, 0.6) is 0 Å². The van der Waals surface area contributed by atoms with Crippen LogP contribution in [0.4, 0.5) is 0 Å². The van der Waals surface area contributed by atoms with Crippen molar-refractivity contribution < 1.29 is 4.42 Å². The molecule has 0 unspecified atom stereocenters. The van der Waals surface area contributed by atoms with Crippen LogP contribution in [-0.4, -0.2) is 0 Å². The van der Waals surface area contributed by atoms with E-state index in [0.717, 1.165) is 17.9 Å². The Balaban J connectivity index is 2.28. The summed E-state index contributed by atoms with van der Waals surface area (Å²) in [4.78, 5) is 0. The highest BCUT2D eigenvalue weighted by Gasteiger charge is 2.07. The van der Waals surface area contributed by atoms with Crippen LogP contribution in [0.3, 0.4) is 0 Å². The van der Waals surface area contributed by atoms with E-state index in [4.69, 9.17) is 4.42 Å². The van der Waals surface area contributed by atoms with E-state index in [2.05, 4.69) is 51.1 Å². The van der Waals surface area contributed by atoms with Crippen molar-refractivity contribution in [2.24, 2.45) is 5.92 Å². The van der Waals surface area contributed by atoms with Crippen molar-refractivity contribution >= 4 is 0 Å². The summed E-state index contributed by atoms with van der Waals surface area (Å²) in [6.07, 6.45) is 1.01. The Kier molecular flexibility index (Phi) is 3.14. The number of hydrogen-bond acceptors (Lipinski definition) is 1. The Morgan fingerprint density at radius 1 is 1.06 bits per heavy atom. The highest BCUT2D eigenvalue weighted by atomic mass is 16.3. The first kappa shape index (κ1) is 11.0. The fourth-order valence-corrected chi connectivity index (χ4v) is 1.88. The van der Waals surface area contributed by atoms with Crippen LogP contribution in [0.2, 0.25) is 0 Å². The number of aryl methyl sites for hydroxylation is 1. The number of furan rings is 1.